The molecule has 2 rings (SSSR count). The third kappa shape index (κ3) is 1.59. The van der Waals surface area contributed by atoms with E-state index in [1.165, 1.54) is 12.1 Å². The van der Waals surface area contributed by atoms with Gasteiger partial charge in [0.2, 0.25) is 0 Å². The standard InChI is InChI=1S/C9H9NO4/c11-5-8-9(14-8)6-2-1-3-7(4-6)10(12)13/h1-4,8-9,11H,5H2/t8-,9-/m0/s1. The highest BCUT2D eigenvalue weighted by atomic mass is 16.6. The van der Waals surface area contributed by atoms with E-state index < -0.39 is 4.92 Å². The van der Waals surface area contributed by atoms with Crippen LogP contribution in [0.4, 0.5) is 5.69 Å². The molecule has 74 valence electrons. The fourth-order valence-corrected chi connectivity index (χ4v) is 1.39. The van der Waals surface area contributed by atoms with Crippen molar-refractivity contribution in [2.75, 3.05) is 6.61 Å². The summed E-state index contributed by atoms with van der Waals surface area (Å²) < 4.78 is 5.11. The van der Waals surface area contributed by atoms with E-state index >= 15 is 0 Å². The van der Waals surface area contributed by atoms with Gasteiger partial charge in [-0.1, -0.05) is 12.1 Å². The van der Waals surface area contributed by atoms with Crippen molar-refractivity contribution in [1.29, 1.82) is 0 Å². The first kappa shape index (κ1) is 9.11. The Morgan fingerprint density at radius 2 is 2.36 bits per heavy atom. The molecule has 0 saturated carbocycles. The Hall–Kier alpha value is -1.46. The highest BCUT2D eigenvalue weighted by Crippen LogP contribution is 2.39. The molecule has 0 aliphatic carbocycles. The fraction of sp³-hybridized carbons (Fsp3) is 0.333. The van der Waals surface area contributed by atoms with Gasteiger partial charge in [-0.05, 0) is 5.56 Å². The lowest BCUT2D eigenvalue weighted by Crippen LogP contribution is -1.95. The lowest BCUT2D eigenvalue weighted by molar-refractivity contribution is -0.384. The zero-order valence-corrected chi connectivity index (χ0v) is 7.29. The van der Waals surface area contributed by atoms with E-state index in [0.717, 1.165) is 5.56 Å². The highest BCUT2D eigenvalue weighted by Gasteiger charge is 2.39. The van der Waals surface area contributed by atoms with Gasteiger partial charge in [-0.3, -0.25) is 10.1 Å². The lowest BCUT2D eigenvalue weighted by Gasteiger charge is -1.95. The highest BCUT2D eigenvalue weighted by molar-refractivity contribution is 5.37. The monoisotopic (exact) mass is 195 g/mol. The Bertz CT molecular complexity index is 366. The Balaban J connectivity index is 2.19. The summed E-state index contributed by atoms with van der Waals surface area (Å²) in [6, 6.07) is 6.27. The molecule has 0 spiro atoms. The summed E-state index contributed by atoms with van der Waals surface area (Å²) in [4.78, 5) is 10.0. The number of epoxide rings is 1. The minimum Gasteiger partial charge on any atom is -0.394 e. The normalized spacial score (nSPS) is 24.6. The van der Waals surface area contributed by atoms with Crippen LogP contribution >= 0.6 is 0 Å². The smallest absolute Gasteiger partial charge is 0.269 e. The van der Waals surface area contributed by atoms with Gasteiger partial charge in [0, 0.05) is 12.1 Å². The van der Waals surface area contributed by atoms with Gasteiger partial charge in [0.1, 0.15) is 12.2 Å². The van der Waals surface area contributed by atoms with Crippen molar-refractivity contribution in [3.63, 3.8) is 0 Å². The summed E-state index contributed by atoms with van der Waals surface area (Å²) in [5.41, 5.74) is 0.799. The van der Waals surface area contributed by atoms with Crippen LogP contribution in [0.2, 0.25) is 0 Å². The van der Waals surface area contributed by atoms with Gasteiger partial charge >= 0.3 is 0 Å². The van der Waals surface area contributed by atoms with Crippen LogP contribution in [0.3, 0.4) is 0 Å². The summed E-state index contributed by atoms with van der Waals surface area (Å²) in [5, 5.41) is 19.2. The predicted octanol–water partition coefficient (Wildman–Crippen LogP) is 1.03. The van der Waals surface area contributed by atoms with Crippen LogP contribution < -0.4 is 0 Å². The Labute approximate surface area is 80.1 Å². The van der Waals surface area contributed by atoms with E-state index in [0.29, 0.717) is 0 Å². The predicted molar refractivity (Wildman–Crippen MR) is 47.8 cm³/mol. The van der Waals surface area contributed by atoms with Crippen molar-refractivity contribution in [3.05, 3.63) is 39.9 Å². The number of hydrogen-bond donors (Lipinski definition) is 1. The average molecular weight is 195 g/mol. The number of non-ortho nitro benzene ring substituents is 1. The zero-order chi connectivity index (χ0) is 10.1. The molecule has 2 atom stereocenters. The number of aliphatic hydroxyl groups excluding tert-OH is 1. The van der Waals surface area contributed by atoms with Crippen LogP contribution in [0.15, 0.2) is 24.3 Å². The molecular formula is C9H9NO4. The van der Waals surface area contributed by atoms with E-state index in [1.54, 1.807) is 12.1 Å². The van der Waals surface area contributed by atoms with Gasteiger partial charge in [-0.2, -0.15) is 0 Å². The molecule has 14 heavy (non-hydrogen) atoms. The minimum absolute atomic E-state index is 0.0483. The molecule has 0 amide bonds. The molecule has 1 aromatic rings. The molecule has 5 heteroatoms. The third-order valence-electron chi connectivity index (χ3n) is 2.17. The number of hydrogen-bond acceptors (Lipinski definition) is 4. The molecule has 0 radical (unpaired) electrons. The molecule has 1 aliphatic rings. The summed E-state index contributed by atoms with van der Waals surface area (Å²) in [6.07, 6.45) is -0.378. The maximum Gasteiger partial charge on any atom is 0.269 e. The van der Waals surface area contributed by atoms with Gasteiger partial charge in [0.15, 0.2) is 0 Å². The Morgan fingerprint density at radius 3 is 2.93 bits per heavy atom. The van der Waals surface area contributed by atoms with Crippen molar-refractivity contribution in [3.8, 4) is 0 Å². The minimum atomic E-state index is -0.445. The van der Waals surface area contributed by atoms with Crippen LogP contribution in [0, 0.1) is 10.1 Å². The number of rotatable bonds is 3. The van der Waals surface area contributed by atoms with Gasteiger partial charge < -0.3 is 9.84 Å². The van der Waals surface area contributed by atoms with Crippen LogP contribution in [-0.2, 0) is 4.74 Å². The zero-order valence-electron chi connectivity index (χ0n) is 7.29. The third-order valence-corrected chi connectivity index (χ3v) is 2.17. The number of ether oxygens (including phenoxy) is 1. The molecule has 1 aromatic carbocycles. The van der Waals surface area contributed by atoms with Gasteiger partial charge in [0.25, 0.3) is 5.69 Å². The van der Waals surface area contributed by atoms with Gasteiger partial charge in [-0.25, -0.2) is 0 Å². The molecule has 1 saturated heterocycles. The Kier molecular flexibility index (Phi) is 2.18. The Morgan fingerprint density at radius 1 is 1.57 bits per heavy atom. The number of benzene rings is 1. The van der Waals surface area contributed by atoms with E-state index in [4.69, 9.17) is 9.84 Å². The van der Waals surface area contributed by atoms with Crippen molar-refractivity contribution in [2.24, 2.45) is 0 Å². The van der Waals surface area contributed by atoms with E-state index in [1.807, 2.05) is 0 Å². The average Bonchev–Trinajstić information content (AvgIpc) is 2.97. The molecule has 5 nitrogen and oxygen atoms in total. The summed E-state index contributed by atoms with van der Waals surface area (Å²) in [6.45, 7) is -0.0483. The van der Waals surface area contributed by atoms with Crippen molar-refractivity contribution in [1.82, 2.24) is 0 Å². The van der Waals surface area contributed by atoms with Crippen LogP contribution in [-0.4, -0.2) is 22.7 Å². The molecule has 0 aromatic heterocycles. The largest absolute Gasteiger partial charge is 0.394 e. The summed E-state index contributed by atoms with van der Waals surface area (Å²) in [5.74, 6) is 0. The molecule has 0 unspecified atom stereocenters. The molecule has 1 heterocycles. The molecule has 0 bridgehead atoms. The SMILES string of the molecule is O=[N+]([O-])c1cccc([C@@H]2O[C@H]2CO)c1. The first-order valence-electron chi connectivity index (χ1n) is 4.23. The van der Waals surface area contributed by atoms with Gasteiger partial charge in [-0.15, -0.1) is 0 Å². The van der Waals surface area contributed by atoms with Crippen molar-refractivity contribution < 1.29 is 14.8 Å². The van der Waals surface area contributed by atoms with Gasteiger partial charge in [0.05, 0.1) is 11.5 Å². The molecule has 1 aliphatic heterocycles. The second-order valence-electron chi connectivity index (χ2n) is 3.13. The topological polar surface area (TPSA) is 75.9 Å². The summed E-state index contributed by atoms with van der Waals surface area (Å²) in [7, 11) is 0. The molecule has 1 fully saturated rings. The number of aliphatic hydroxyl groups is 1. The van der Waals surface area contributed by atoms with Crippen LogP contribution in [0.5, 0.6) is 0 Å². The number of nitrogens with zero attached hydrogens (tertiary/aromatic N) is 1. The second kappa shape index (κ2) is 3.36. The first-order chi connectivity index (χ1) is 6.72. The van der Waals surface area contributed by atoms with Crippen molar-refractivity contribution in [2.45, 2.75) is 12.2 Å². The van der Waals surface area contributed by atoms with E-state index in [9.17, 15) is 10.1 Å². The van der Waals surface area contributed by atoms with Crippen LogP contribution in [0.1, 0.15) is 11.7 Å². The first-order valence-corrected chi connectivity index (χ1v) is 4.23. The van der Waals surface area contributed by atoms with E-state index in [2.05, 4.69) is 0 Å². The maximum atomic E-state index is 10.5. The fourth-order valence-electron chi connectivity index (χ4n) is 1.39. The number of nitro benzene ring substituents is 1. The molecular weight excluding hydrogens is 186 g/mol. The molecule has 1 N–H and O–H groups in total. The maximum absolute atomic E-state index is 10.5. The lowest BCUT2D eigenvalue weighted by atomic mass is 10.1. The summed E-state index contributed by atoms with van der Waals surface area (Å²) >= 11 is 0. The van der Waals surface area contributed by atoms with E-state index in [-0.39, 0.29) is 24.5 Å². The number of nitro groups is 1. The van der Waals surface area contributed by atoms with Crippen LogP contribution in [0.25, 0.3) is 0 Å². The van der Waals surface area contributed by atoms with Crippen molar-refractivity contribution >= 4 is 5.69 Å². The quantitative estimate of drug-likeness (QED) is 0.444. The second-order valence-corrected chi connectivity index (χ2v) is 3.13.